The van der Waals surface area contributed by atoms with Gasteiger partial charge in [-0.15, -0.1) is 0 Å². The number of aromatic amines is 2. The van der Waals surface area contributed by atoms with Crippen LogP contribution in [0.5, 0.6) is 0 Å². The number of hydrogen-bond donors (Lipinski definition) is 4. The number of nitrogens with zero attached hydrogens (tertiary/aromatic N) is 2. The van der Waals surface area contributed by atoms with Gasteiger partial charge in [-0.05, 0) is 0 Å². The molecule has 0 aliphatic rings. The van der Waals surface area contributed by atoms with E-state index >= 15 is 0 Å². The number of aromatic nitrogens is 4. The van der Waals surface area contributed by atoms with Crippen molar-refractivity contribution in [3.63, 3.8) is 0 Å². The molecule has 0 saturated heterocycles. The quantitative estimate of drug-likeness (QED) is 0.413. The summed E-state index contributed by atoms with van der Waals surface area (Å²) in [5, 5.41) is 11.2. The Morgan fingerprint density at radius 2 is 2.46 bits per heavy atom. The standard InChI is InChI=1S/C6H7N5OS/c12-2-9-6-10-4-3(5(13)11-6)7-1-8-4/h1,12H,2H2,(H3,7,8,9,10,11,13). The van der Waals surface area contributed by atoms with Crippen LogP contribution in [0.4, 0.5) is 5.95 Å². The summed E-state index contributed by atoms with van der Waals surface area (Å²) < 4.78 is 0.419. The van der Waals surface area contributed by atoms with Crippen LogP contribution >= 0.6 is 12.2 Å². The van der Waals surface area contributed by atoms with Crippen molar-refractivity contribution in [2.45, 2.75) is 0 Å². The zero-order chi connectivity index (χ0) is 9.26. The van der Waals surface area contributed by atoms with Crippen LogP contribution in [-0.2, 0) is 0 Å². The largest absolute Gasteiger partial charge is 0.376 e. The van der Waals surface area contributed by atoms with E-state index in [-0.39, 0.29) is 6.73 Å². The molecule has 68 valence electrons. The van der Waals surface area contributed by atoms with Gasteiger partial charge in [0, 0.05) is 0 Å². The Morgan fingerprint density at radius 1 is 1.62 bits per heavy atom. The first kappa shape index (κ1) is 8.14. The first-order valence-electron chi connectivity index (χ1n) is 3.59. The number of anilines is 1. The molecule has 0 aliphatic carbocycles. The van der Waals surface area contributed by atoms with Crippen LogP contribution in [0.1, 0.15) is 0 Å². The molecule has 6 nitrogen and oxygen atoms in total. The Kier molecular flexibility index (Phi) is 1.95. The maximum atomic E-state index is 8.60. The van der Waals surface area contributed by atoms with Gasteiger partial charge in [0.15, 0.2) is 10.3 Å². The molecule has 0 aliphatic heterocycles. The van der Waals surface area contributed by atoms with Gasteiger partial charge in [0.05, 0.1) is 6.33 Å². The summed E-state index contributed by atoms with van der Waals surface area (Å²) in [7, 11) is 0. The number of fused-ring (bicyclic) bond motifs is 1. The summed E-state index contributed by atoms with van der Waals surface area (Å²) in [6.07, 6.45) is 1.53. The smallest absolute Gasteiger partial charge is 0.204 e. The molecule has 2 aromatic rings. The summed E-state index contributed by atoms with van der Waals surface area (Å²) in [6, 6.07) is 0. The first-order chi connectivity index (χ1) is 6.31. The fraction of sp³-hybridized carbons (Fsp3) is 0.167. The Bertz CT molecular complexity index is 475. The zero-order valence-corrected chi connectivity index (χ0v) is 7.35. The molecule has 0 aromatic carbocycles. The second-order valence-corrected chi connectivity index (χ2v) is 2.74. The van der Waals surface area contributed by atoms with E-state index in [1.165, 1.54) is 6.33 Å². The molecule has 0 unspecified atom stereocenters. The Labute approximate surface area is 78.0 Å². The molecule has 2 heterocycles. The SMILES string of the molecule is OCNc1nc(=S)c2[nH]cnc2[nH]1. The molecular formula is C6H7N5OS. The predicted molar refractivity (Wildman–Crippen MR) is 49.8 cm³/mol. The van der Waals surface area contributed by atoms with Crippen LogP contribution in [0.15, 0.2) is 6.33 Å². The maximum Gasteiger partial charge on any atom is 0.204 e. The second kappa shape index (κ2) is 3.11. The minimum absolute atomic E-state index is 0.200. The van der Waals surface area contributed by atoms with Crippen molar-refractivity contribution >= 4 is 29.3 Å². The fourth-order valence-corrected chi connectivity index (χ4v) is 1.26. The lowest BCUT2D eigenvalue weighted by molar-refractivity contribution is 0.324. The van der Waals surface area contributed by atoms with Gasteiger partial charge < -0.3 is 20.4 Å². The van der Waals surface area contributed by atoms with E-state index in [0.717, 1.165) is 0 Å². The molecule has 0 bridgehead atoms. The van der Waals surface area contributed by atoms with Crippen LogP contribution in [-0.4, -0.2) is 31.8 Å². The third-order valence-electron chi connectivity index (χ3n) is 1.55. The zero-order valence-electron chi connectivity index (χ0n) is 6.53. The van der Waals surface area contributed by atoms with Crippen LogP contribution < -0.4 is 5.32 Å². The molecule has 7 heteroatoms. The van der Waals surface area contributed by atoms with Gasteiger partial charge in [-0.2, -0.15) is 0 Å². The van der Waals surface area contributed by atoms with Crippen LogP contribution in [0, 0.1) is 4.64 Å². The van der Waals surface area contributed by atoms with Gasteiger partial charge in [0.2, 0.25) is 5.95 Å². The van der Waals surface area contributed by atoms with Gasteiger partial charge >= 0.3 is 0 Å². The van der Waals surface area contributed by atoms with Crippen molar-refractivity contribution in [3.8, 4) is 0 Å². The van der Waals surface area contributed by atoms with Crippen molar-refractivity contribution in [1.29, 1.82) is 0 Å². The highest BCUT2D eigenvalue weighted by Gasteiger charge is 2.01. The third-order valence-corrected chi connectivity index (χ3v) is 1.85. The van der Waals surface area contributed by atoms with Gasteiger partial charge in [0.1, 0.15) is 12.2 Å². The van der Waals surface area contributed by atoms with E-state index in [0.29, 0.717) is 21.8 Å². The Hall–Kier alpha value is -1.47. The Morgan fingerprint density at radius 3 is 3.23 bits per heavy atom. The molecule has 0 amide bonds. The van der Waals surface area contributed by atoms with Crippen molar-refractivity contribution in [3.05, 3.63) is 11.0 Å². The molecule has 0 radical (unpaired) electrons. The highest BCUT2D eigenvalue weighted by atomic mass is 32.1. The summed E-state index contributed by atoms with van der Waals surface area (Å²) in [4.78, 5) is 13.7. The summed E-state index contributed by atoms with van der Waals surface area (Å²) in [5.74, 6) is 0.409. The molecule has 0 saturated carbocycles. The number of aliphatic hydroxyl groups is 1. The van der Waals surface area contributed by atoms with E-state index in [2.05, 4.69) is 25.3 Å². The van der Waals surface area contributed by atoms with Gasteiger partial charge in [-0.25, -0.2) is 9.97 Å². The van der Waals surface area contributed by atoms with Gasteiger partial charge in [0.25, 0.3) is 0 Å². The van der Waals surface area contributed by atoms with E-state index in [1.807, 2.05) is 0 Å². The molecule has 0 spiro atoms. The van der Waals surface area contributed by atoms with Crippen molar-refractivity contribution in [2.24, 2.45) is 0 Å². The topological polar surface area (TPSA) is 89.6 Å². The maximum absolute atomic E-state index is 8.60. The normalized spacial score (nSPS) is 10.5. The number of rotatable bonds is 2. The number of imidazole rings is 1. The van der Waals surface area contributed by atoms with Crippen LogP contribution in [0.3, 0.4) is 0 Å². The molecule has 2 rings (SSSR count). The van der Waals surface area contributed by atoms with E-state index in [9.17, 15) is 0 Å². The monoisotopic (exact) mass is 197 g/mol. The first-order valence-corrected chi connectivity index (χ1v) is 4.00. The minimum Gasteiger partial charge on any atom is -0.376 e. The summed E-state index contributed by atoms with van der Waals surface area (Å²) in [6.45, 7) is -0.200. The van der Waals surface area contributed by atoms with Crippen molar-refractivity contribution in [2.75, 3.05) is 12.0 Å². The van der Waals surface area contributed by atoms with Crippen LogP contribution in [0.2, 0.25) is 0 Å². The van der Waals surface area contributed by atoms with Crippen molar-refractivity contribution in [1.82, 2.24) is 19.9 Å². The Balaban J connectivity index is 2.63. The van der Waals surface area contributed by atoms with Crippen molar-refractivity contribution < 1.29 is 5.11 Å². The summed E-state index contributed by atoms with van der Waals surface area (Å²) in [5.41, 5.74) is 1.31. The second-order valence-electron chi connectivity index (χ2n) is 2.35. The number of nitrogens with one attached hydrogen (secondary N) is 3. The predicted octanol–water partition coefficient (Wildman–Crippen LogP) is 0.377. The number of aliphatic hydroxyl groups excluding tert-OH is 1. The molecule has 4 N–H and O–H groups in total. The van der Waals surface area contributed by atoms with Crippen LogP contribution in [0.25, 0.3) is 11.2 Å². The molecule has 0 fully saturated rings. The number of H-pyrrole nitrogens is 2. The molecular weight excluding hydrogens is 190 g/mol. The lowest BCUT2D eigenvalue weighted by atomic mass is 10.5. The molecule has 0 atom stereocenters. The third kappa shape index (κ3) is 1.38. The highest BCUT2D eigenvalue weighted by Crippen LogP contribution is 2.08. The lowest BCUT2D eigenvalue weighted by Gasteiger charge is -2.00. The minimum atomic E-state index is -0.200. The molecule has 13 heavy (non-hydrogen) atoms. The highest BCUT2D eigenvalue weighted by molar-refractivity contribution is 7.71. The summed E-state index contributed by atoms with van der Waals surface area (Å²) >= 11 is 4.99. The average Bonchev–Trinajstić information content (AvgIpc) is 2.53. The average molecular weight is 197 g/mol. The fourth-order valence-electron chi connectivity index (χ4n) is 1.01. The van der Waals surface area contributed by atoms with E-state index < -0.39 is 0 Å². The van der Waals surface area contributed by atoms with E-state index in [4.69, 9.17) is 17.3 Å². The van der Waals surface area contributed by atoms with Gasteiger partial charge in [-0.1, -0.05) is 12.2 Å². The van der Waals surface area contributed by atoms with E-state index in [1.54, 1.807) is 0 Å². The van der Waals surface area contributed by atoms with Gasteiger partial charge in [-0.3, -0.25) is 0 Å². The number of hydrogen-bond acceptors (Lipinski definition) is 5. The molecule has 2 aromatic heterocycles. The lowest BCUT2D eigenvalue weighted by Crippen LogP contribution is -2.04.